The van der Waals surface area contributed by atoms with E-state index in [9.17, 15) is 4.79 Å². The van der Waals surface area contributed by atoms with Crippen LogP contribution in [0.5, 0.6) is 0 Å². The molecule has 1 fully saturated rings. The van der Waals surface area contributed by atoms with Crippen LogP contribution in [0.15, 0.2) is 16.6 Å². The van der Waals surface area contributed by atoms with Gasteiger partial charge < -0.3 is 14.2 Å². The maximum absolute atomic E-state index is 12.4. The molecule has 6 nitrogen and oxygen atoms in total. The molecule has 1 amide bonds. The van der Waals surface area contributed by atoms with Gasteiger partial charge in [0, 0.05) is 38.9 Å². The lowest BCUT2D eigenvalue weighted by molar-refractivity contribution is -0.207. The van der Waals surface area contributed by atoms with Crippen LogP contribution < -0.4 is 0 Å². The number of aliphatic imine (C=N–C) groups is 1. The molecule has 0 aromatic carbocycles. The number of carbonyl (C=O) groups is 1. The molecule has 3 rings (SSSR count). The molecule has 0 spiro atoms. The van der Waals surface area contributed by atoms with Gasteiger partial charge in [0.05, 0.1) is 7.11 Å². The van der Waals surface area contributed by atoms with Gasteiger partial charge in [-0.2, -0.15) is 0 Å². The molecule has 0 saturated carbocycles. The van der Waals surface area contributed by atoms with Crippen molar-refractivity contribution in [2.45, 2.75) is 39.0 Å². The second kappa shape index (κ2) is 5.85. The number of rotatable bonds is 2. The molecular weight excluding hydrogens is 308 g/mol. The lowest BCUT2D eigenvalue weighted by atomic mass is 9.67. The van der Waals surface area contributed by atoms with Crippen LogP contribution in [0.1, 0.15) is 27.2 Å². The molecule has 134 valence electrons. The van der Waals surface area contributed by atoms with Crippen LogP contribution in [-0.2, 0) is 14.2 Å². The number of amides is 1. The standard InChI is InChI=1S/C18H28N2O4/c1-17(2,3)12-9-18(23-5,24-6)15-13-11(7-8-19-14(12)13)10-20(15)16(21)22-4/h9,11,13,15H,7-8,10H2,1-6H3/t11-,13+,15+/m1/s1. The minimum atomic E-state index is -0.980. The maximum Gasteiger partial charge on any atom is 0.409 e. The summed E-state index contributed by atoms with van der Waals surface area (Å²) in [5, 5.41) is 0. The molecular formula is C18H28N2O4. The fraction of sp³-hybridized carbons (Fsp3) is 0.778. The zero-order valence-electron chi connectivity index (χ0n) is 15.5. The maximum atomic E-state index is 12.4. The summed E-state index contributed by atoms with van der Waals surface area (Å²) in [5.41, 5.74) is 2.19. The number of hydrogen-bond acceptors (Lipinski definition) is 5. The molecule has 0 N–H and O–H groups in total. The highest BCUT2D eigenvalue weighted by Crippen LogP contribution is 2.50. The monoisotopic (exact) mass is 336 g/mol. The largest absolute Gasteiger partial charge is 0.453 e. The summed E-state index contributed by atoms with van der Waals surface area (Å²) in [4.78, 5) is 19.0. The van der Waals surface area contributed by atoms with Gasteiger partial charge in [0.1, 0.15) is 6.04 Å². The number of ether oxygens (including phenoxy) is 3. The molecule has 3 atom stereocenters. The lowest BCUT2D eigenvalue weighted by Crippen LogP contribution is -2.60. The Morgan fingerprint density at radius 1 is 1.29 bits per heavy atom. The summed E-state index contributed by atoms with van der Waals surface area (Å²) in [5.74, 6) is -0.499. The van der Waals surface area contributed by atoms with E-state index in [0.29, 0.717) is 12.5 Å². The van der Waals surface area contributed by atoms with Crippen molar-refractivity contribution in [1.82, 2.24) is 4.90 Å². The first kappa shape index (κ1) is 17.4. The average molecular weight is 336 g/mol. The molecule has 3 aliphatic rings. The second-order valence-corrected chi connectivity index (χ2v) is 7.85. The Balaban J connectivity index is 2.19. The van der Waals surface area contributed by atoms with Gasteiger partial charge in [0.15, 0.2) is 0 Å². The second-order valence-electron chi connectivity index (χ2n) is 7.85. The van der Waals surface area contributed by atoms with Gasteiger partial charge in [-0.1, -0.05) is 20.8 Å². The van der Waals surface area contributed by atoms with E-state index < -0.39 is 5.79 Å². The van der Waals surface area contributed by atoms with Crippen molar-refractivity contribution in [2.24, 2.45) is 22.2 Å². The Morgan fingerprint density at radius 2 is 1.96 bits per heavy atom. The van der Waals surface area contributed by atoms with Crippen LogP contribution in [-0.4, -0.2) is 63.0 Å². The van der Waals surface area contributed by atoms with Crippen molar-refractivity contribution in [3.63, 3.8) is 0 Å². The summed E-state index contributed by atoms with van der Waals surface area (Å²) in [6, 6.07) is -0.255. The van der Waals surface area contributed by atoms with E-state index in [1.54, 1.807) is 19.1 Å². The van der Waals surface area contributed by atoms with Crippen LogP contribution in [0.25, 0.3) is 0 Å². The highest BCUT2D eigenvalue weighted by molar-refractivity contribution is 6.05. The van der Waals surface area contributed by atoms with Crippen LogP contribution in [0, 0.1) is 17.3 Å². The fourth-order valence-electron chi connectivity index (χ4n) is 4.47. The third-order valence-electron chi connectivity index (χ3n) is 5.60. The minimum absolute atomic E-state index is 0.0767. The summed E-state index contributed by atoms with van der Waals surface area (Å²) >= 11 is 0. The summed E-state index contributed by atoms with van der Waals surface area (Å²) in [6.45, 7) is 7.98. The van der Waals surface area contributed by atoms with E-state index >= 15 is 0 Å². The highest BCUT2D eigenvalue weighted by atomic mass is 16.7. The summed E-state index contributed by atoms with van der Waals surface area (Å²) in [6.07, 6.45) is 2.66. The van der Waals surface area contributed by atoms with Gasteiger partial charge in [-0.05, 0) is 29.4 Å². The number of hydrogen-bond donors (Lipinski definition) is 0. The third kappa shape index (κ3) is 2.39. The van der Waals surface area contributed by atoms with E-state index in [1.165, 1.54) is 7.11 Å². The quantitative estimate of drug-likeness (QED) is 0.727. The average Bonchev–Trinajstić information content (AvgIpc) is 2.96. The van der Waals surface area contributed by atoms with Crippen molar-refractivity contribution in [3.05, 3.63) is 11.6 Å². The molecule has 6 heteroatoms. The molecule has 0 aromatic heterocycles. The van der Waals surface area contributed by atoms with Crippen LogP contribution >= 0.6 is 0 Å². The van der Waals surface area contributed by atoms with Crippen LogP contribution in [0.3, 0.4) is 0 Å². The van der Waals surface area contributed by atoms with Crippen molar-refractivity contribution in [3.8, 4) is 0 Å². The Kier molecular flexibility index (Phi) is 4.24. The van der Waals surface area contributed by atoms with E-state index in [2.05, 4.69) is 20.8 Å². The van der Waals surface area contributed by atoms with Gasteiger partial charge in [-0.15, -0.1) is 0 Å². The number of allylic oxidation sites excluding steroid dienone is 1. The number of carbonyl (C=O) groups excluding carboxylic acids is 1. The Labute approximate surface area is 143 Å². The smallest absolute Gasteiger partial charge is 0.409 e. The Bertz CT molecular complexity index is 586. The number of likely N-dealkylation sites (tertiary alicyclic amines) is 1. The van der Waals surface area contributed by atoms with Crippen molar-refractivity contribution < 1.29 is 19.0 Å². The highest BCUT2D eigenvalue weighted by Gasteiger charge is 2.61. The van der Waals surface area contributed by atoms with E-state index in [4.69, 9.17) is 19.2 Å². The van der Waals surface area contributed by atoms with E-state index in [1.807, 2.05) is 6.08 Å². The van der Waals surface area contributed by atoms with Gasteiger partial charge in [0.2, 0.25) is 5.79 Å². The first-order valence-corrected chi connectivity index (χ1v) is 8.52. The third-order valence-corrected chi connectivity index (χ3v) is 5.60. The Morgan fingerprint density at radius 3 is 2.50 bits per heavy atom. The summed E-state index contributed by atoms with van der Waals surface area (Å²) in [7, 11) is 4.68. The van der Waals surface area contributed by atoms with Crippen molar-refractivity contribution >= 4 is 11.8 Å². The molecule has 0 radical (unpaired) electrons. The molecule has 1 saturated heterocycles. The first-order valence-electron chi connectivity index (χ1n) is 8.52. The summed E-state index contributed by atoms with van der Waals surface area (Å²) < 4.78 is 16.7. The van der Waals surface area contributed by atoms with Gasteiger partial charge in [-0.3, -0.25) is 9.89 Å². The van der Waals surface area contributed by atoms with Gasteiger partial charge >= 0.3 is 6.09 Å². The van der Waals surface area contributed by atoms with Crippen LogP contribution in [0.4, 0.5) is 4.79 Å². The number of nitrogens with zero attached hydrogens (tertiary/aromatic N) is 2. The predicted octanol–water partition coefficient (Wildman–Crippen LogP) is 2.49. The molecule has 0 aromatic rings. The SMILES string of the molecule is COC(=O)N1C[C@H]2CCN=C3C(C(C)(C)C)=CC(OC)(OC)[C@@H]1[C@H]32. The molecule has 2 aliphatic heterocycles. The lowest BCUT2D eigenvalue weighted by Gasteiger charge is -2.47. The van der Waals surface area contributed by atoms with E-state index in [0.717, 1.165) is 24.3 Å². The topological polar surface area (TPSA) is 60.4 Å². The molecule has 0 unspecified atom stereocenters. The van der Waals surface area contributed by atoms with E-state index in [-0.39, 0.29) is 23.5 Å². The number of methoxy groups -OCH3 is 3. The minimum Gasteiger partial charge on any atom is -0.453 e. The molecule has 1 aliphatic carbocycles. The van der Waals surface area contributed by atoms with Gasteiger partial charge in [-0.25, -0.2) is 4.79 Å². The normalized spacial score (nSPS) is 31.2. The molecule has 2 heterocycles. The van der Waals surface area contributed by atoms with Crippen molar-refractivity contribution in [1.29, 1.82) is 0 Å². The van der Waals surface area contributed by atoms with Crippen LogP contribution in [0.2, 0.25) is 0 Å². The molecule has 0 bridgehead atoms. The Hall–Kier alpha value is -1.40. The zero-order valence-corrected chi connectivity index (χ0v) is 15.5. The van der Waals surface area contributed by atoms with Crippen molar-refractivity contribution in [2.75, 3.05) is 34.4 Å². The molecule has 24 heavy (non-hydrogen) atoms. The van der Waals surface area contributed by atoms with Gasteiger partial charge in [0.25, 0.3) is 0 Å². The first-order chi connectivity index (χ1) is 11.3. The zero-order chi connectivity index (χ0) is 17.7. The predicted molar refractivity (Wildman–Crippen MR) is 91.1 cm³/mol. The fourth-order valence-corrected chi connectivity index (χ4v) is 4.47.